The second kappa shape index (κ2) is 8.28. The Morgan fingerprint density at radius 1 is 1.38 bits per heavy atom. The summed E-state index contributed by atoms with van der Waals surface area (Å²) >= 11 is 1.89. The van der Waals surface area contributed by atoms with Gasteiger partial charge >= 0.3 is 0 Å². The molecule has 0 fully saturated rings. The van der Waals surface area contributed by atoms with Gasteiger partial charge in [0.25, 0.3) is 0 Å². The largest absolute Gasteiger partial charge is 0.478 e. The molecule has 1 heterocycles. The number of nitrogens with one attached hydrogen (secondary N) is 1. The van der Waals surface area contributed by atoms with E-state index in [1.165, 1.54) is 18.6 Å². The highest BCUT2D eigenvalue weighted by Gasteiger charge is 1.96. The van der Waals surface area contributed by atoms with Crippen molar-refractivity contribution >= 4 is 17.6 Å². The van der Waals surface area contributed by atoms with Gasteiger partial charge in [-0.15, -0.1) is 0 Å². The van der Waals surface area contributed by atoms with Gasteiger partial charge in [0.05, 0.1) is 6.61 Å². The quantitative estimate of drug-likeness (QED) is 0.708. The fraction of sp³-hybridized carbons (Fsp3) is 0.583. The van der Waals surface area contributed by atoms with E-state index in [1.807, 2.05) is 36.9 Å². The third-order valence-corrected chi connectivity index (χ3v) is 2.79. The highest BCUT2D eigenvalue weighted by atomic mass is 32.2. The van der Waals surface area contributed by atoms with E-state index in [2.05, 4.69) is 16.6 Å². The second-order valence-electron chi connectivity index (χ2n) is 3.42. The molecule has 0 amide bonds. The van der Waals surface area contributed by atoms with E-state index in [0.717, 1.165) is 12.4 Å². The fourth-order valence-corrected chi connectivity index (χ4v) is 1.82. The lowest BCUT2D eigenvalue weighted by Gasteiger charge is -2.07. The van der Waals surface area contributed by atoms with E-state index in [4.69, 9.17) is 4.74 Å². The zero-order valence-corrected chi connectivity index (χ0v) is 10.8. The molecule has 0 spiro atoms. The van der Waals surface area contributed by atoms with Crippen molar-refractivity contribution in [3.05, 3.63) is 18.2 Å². The Labute approximate surface area is 102 Å². The number of thioether (sulfide) groups is 1. The van der Waals surface area contributed by atoms with Crippen LogP contribution in [0.2, 0.25) is 0 Å². The molecule has 0 unspecified atom stereocenters. The molecule has 0 aliphatic carbocycles. The molecule has 3 nitrogen and oxygen atoms in total. The van der Waals surface area contributed by atoms with Gasteiger partial charge in [-0.1, -0.05) is 6.07 Å². The van der Waals surface area contributed by atoms with Gasteiger partial charge in [0.15, 0.2) is 0 Å². The lowest BCUT2D eigenvalue weighted by Crippen LogP contribution is -2.04. The smallest absolute Gasteiger partial charge is 0.215 e. The predicted molar refractivity (Wildman–Crippen MR) is 71.5 cm³/mol. The van der Waals surface area contributed by atoms with Crippen LogP contribution < -0.4 is 10.1 Å². The minimum absolute atomic E-state index is 0.657. The van der Waals surface area contributed by atoms with Crippen LogP contribution in [0, 0.1) is 0 Å². The van der Waals surface area contributed by atoms with Crippen molar-refractivity contribution in [1.82, 2.24) is 4.98 Å². The van der Waals surface area contributed by atoms with E-state index in [-0.39, 0.29) is 0 Å². The van der Waals surface area contributed by atoms with E-state index in [9.17, 15) is 0 Å². The van der Waals surface area contributed by atoms with Crippen molar-refractivity contribution in [2.45, 2.75) is 19.8 Å². The summed E-state index contributed by atoms with van der Waals surface area (Å²) in [6, 6.07) is 5.81. The predicted octanol–water partition coefficient (Wildman–Crippen LogP) is 3.04. The number of aromatic nitrogens is 1. The van der Waals surface area contributed by atoms with Gasteiger partial charge in [-0.25, -0.2) is 0 Å². The van der Waals surface area contributed by atoms with Crippen LogP contribution in [0.5, 0.6) is 5.88 Å². The number of ether oxygens (including phenoxy) is 1. The van der Waals surface area contributed by atoms with E-state index >= 15 is 0 Å². The molecule has 1 N–H and O–H groups in total. The Morgan fingerprint density at radius 2 is 2.25 bits per heavy atom. The molecule has 0 saturated heterocycles. The Hall–Kier alpha value is -0.900. The van der Waals surface area contributed by atoms with Crippen LogP contribution in [0.3, 0.4) is 0 Å². The fourth-order valence-electron chi connectivity index (χ4n) is 1.33. The third kappa shape index (κ3) is 5.26. The SMILES string of the molecule is CCOc1cccc(NCCCCSC)n1. The number of anilines is 1. The maximum atomic E-state index is 5.34. The van der Waals surface area contributed by atoms with Crippen LogP contribution in [0.25, 0.3) is 0 Å². The summed E-state index contributed by atoms with van der Waals surface area (Å²) in [5.74, 6) is 2.82. The molecule has 0 aromatic carbocycles. The van der Waals surface area contributed by atoms with Gasteiger partial charge in [0.2, 0.25) is 5.88 Å². The van der Waals surface area contributed by atoms with Gasteiger partial charge < -0.3 is 10.1 Å². The molecule has 1 aromatic heterocycles. The first-order valence-corrected chi connectivity index (χ1v) is 7.09. The average Bonchev–Trinajstić information content (AvgIpc) is 2.30. The van der Waals surface area contributed by atoms with Crippen molar-refractivity contribution in [3.8, 4) is 5.88 Å². The number of hydrogen-bond acceptors (Lipinski definition) is 4. The van der Waals surface area contributed by atoms with E-state index < -0.39 is 0 Å². The number of unbranched alkanes of at least 4 members (excludes halogenated alkanes) is 1. The molecule has 0 aliphatic rings. The molecule has 0 radical (unpaired) electrons. The van der Waals surface area contributed by atoms with Gasteiger partial charge in [-0.2, -0.15) is 16.7 Å². The molecule has 1 rings (SSSR count). The highest BCUT2D eigenvalue weighted by molar-refractivity contribution is 7.98. The Kier molecular flexibility index (Phi) is 6.81. The van der Waals surface area contributed by atoms with Crippen LogP contribution in [0.1, 0.15) is 19.8 Å². The summed E-state index contributed by atoms with van der Waals surface area (Å²) in [5, 5.41) is 3.30. The lowest BCUT2D eigenvalue weighted by molar-refractivity contribution is 0.327. The van der Waals surface area contributed by atoms with Crippen molar-refractivity contribution in [2.24, 2.45) is 0 Å². The Morgan fingerprint density at radius 3 is 3.00 bits per heavy atom. The number of hydrogen-bond donors (Lipinski definition) is 1. The van der Waals surface area contributed by atoms with E-state index in [1.54, 1.807) is 0 Å². The first-order valence-electron chi connectivity index (χ1n) is 5.69. The van der Waals surface area contributed by atoms with Crippen LogP contribution in [-0.4, -0.2) is 30.1 Å². The number of pyridine rings is 1. The maximum Gasteiger partial charge on any atom is 0.215 e. The van der Waals surface area contributed by atoms with Gasteiger partial charge in [-0.3, -0.25) is 0 Å². The van der Waals surface area contributed by atoms with Gasteiger partial charge in [-0.05, 0) is 37.8 Å². The topological polar surface area (TPSA) is 34.1 Å². The first kappa shape index (κ1) is 13.2. The molecule has 1 aromatic rings. The Balaban J connectivity index is 2.27. The molecule has 4 heteroatoms. The van der Waals surface area contributed by atoms with E-state index in [0.29, 0.717) is 12.5 Å². The van der Waals surface area contributed by atoms with Crippen LogP contribution in [0.15, 0.2) is 18.2 Å². The summed E-state index contributed by atoms with van der Waals surface area (Å²) < 4.78 is 5.34. The zero-order chi connectivity index (χ0) is 11.6. The molecular weight excluding hydrogens is 220 g/mol. The standard InChI is InChI=1S/C12H20N2OS/c1-3-15-12-8-6-7-11(14-12)13-9-4-5-10-16-2/h6-8H,3-5,9-10H2,1-2H3,(H,13,14). The second-order valence-corrected chi connectivity index (χ2v) is 4.41. The summed E-state index contributed by atoms with van der Waals surface area (Å²) in [7, 11) is 0. The van der Waals surface area contributed by atoms with Crippen molar-refractivity contribution < 1.29 is 4.74 Å². The number of nitrogens with zero attached hydrogens (tertiary/aromatic N) is 1. The van der Waals surface area contributed by atoms with Crippen molar-refractivity contribution in [3.63, 3.8) is 0 Å². The average molecular weight is 240 g/mol. The molecule has 0 saturated carbocycles. The van der Waals surface area contributed by atoms with Crippen molar-refractivity contribution in [2.75, 3.05) is 30.5 Å². The van der Waals surface area contributed by atoms with Crippen LogP contribution in [0.4, 0.5) is 5.82 Å². The number of rotatable bonds is 8. The summed E-state index contributed by atoms with van der Waals surface area (Å²) in [5.41, 5.74) is 0. The third-order valence-electron chi connectivity index (χ3n) is 2.10. The summed E-state index contributed by atoms with van der Waals surface area (Å²) in [4.78, 5) is 4.34. The first-order chi connectivity index (χ1) is 7.86. The van der Waals surface area contributed by atoms with Gasteiger partial charge in [0.1, 0.15) is 5.82 Å². The summed E-state index contributed by atoms with van der Waals surface area (Å²) in [6.45, 7) is 3.59. The van der Waals surface area contributed by atoms with Crippen LogP contribution >= 0.6 is 11.8 Å². The lowest BCUT2D eigenvalue weighted by atomic mass is 10.3. The molecule has 90 valence electrons. The van der Waals surface area contributed by atoms with Crippen LogP contribution in [-0.2, 0) is 0 Å². The monoisotopic (exact) mass is 240 g/mol. The zero-order valence-electron chi connectivity index (χ0n) is 10.0. The summed E-state index contributed by atoms with van der Waals surface area (Å²) in [6.07, 6.45) is 4.57. The minimum atomic E-state index is 0.657. The van der Waals surface area contributed by atoms with Crippen molar-refractivity contribution in [1.29, 1.82) is 0 Å². The normalized spacial score (nSPS) is 10.1. The Bertz CT molecular complexity index is 294. The van der Waals surface area contributed by atoms with Gasteiger partial charge in [0, 0.05) is 12.6 Å². The molecule has 0 atom stereocenters. The molecule has 16 heavy (non-hydrogen) atoms. The highest BCUT2D eigenvalue weighted by Crippen LogP contribution is 2.11. The minimum Gasteiger partial charge on any atom is -0.478 e. The molecular formula is C12H20N2OS. The molecule has 0 bridgehead atoms. The maximum absolute atomic E-state index is 5.34. The molecule has 0 aliphatic heterocycles.